The van der Waals surface area contributed by atoms with E-state index in [0.29, 0.717) is 13.0 Å². The second-order valence-corrected chi connectivity index (χ2v) is 5.04. The summed E-state index contributed by atoms with van der Waals surface area (Å²) in [6.45, 7) is 3.74. The first kappa shape index (κ1) is 17.1. The summed E-state index contributed by atoms with van der Waals surface area (Å²) in [6.07, 6.45) is -0.171. The van der Waals surface area contributed by atoms with E-state index in [2.05, 4.69) is 0 Å². The molecule has 1 atom stereocenters. The lowest BCUT2D eigenvalue weighted by Gasteiger charge is -2.25. The molecule has 9 heteroatoms. The maximum Gasteiger partial charge on any atom is 0.301 e. The van der Waals surface area contributed by atoms with E-state index in [0.717, 1.165) is 12.1 Å². The maximum absolute atomic E-state index is 11.2. The monoisotopic (exact) mass is 317 g/mol. The van der Waals surface area contributed by atoms with E-state index in [-0.39, 0.29) is 17.3 Å². The fraction of sp³-hybridized carbons (Fsp3) is 0.500. The lowest BCUT2D eigenvalue weighted by Crippen LogP contribution is -2.32. The normalized spacial score (nSPS) is 12.0. The number of hydrogen-bond acceptors (Lipinski definition) is 6. The number of aliphatic hydroxyl groups excluding tert-OH is 1. The SMILES string of the molecule is CCCN(CC(C)O)c1c([N+](=O)[O-])cc(Cl)cc1[N+](=O)[O-]. The van der Waals surface area contributed by atoms with Crippen LogP contribution in [0.25, 0.3) is 0 Å². The number of halogens is 1. The lowest BCUT2D eigenvalue weighted by atomic mass is 10.2. The highest BCUT2D eigenvalue weighted by Crippen LogP contribution is 2.40. The standard InChI is InChI=1S/C12H16ClN3O5/c1-3-4-14(7-8(2)17)12-10(15(18)19)5-9(13)6-11(12)16(20)21/h5-6,8,17H,3-4,7H2,1-2H3. The summed E-state index contributed by atoms with van der Waals surface area (Å²) >= 11 is 5.72. The third-order valence-corrected chi connectivity index (χ3v) is 2.94. The third kappa shape index (κ3) is 4.27. The van der Waals surface area contributed by atoms with Crippen LogP contribution in [-0.4, -0.2) is 34.1 Å². The molecule has 1 unspecified atom stereocenters. The molecule has 1 N–H and O–H groups in total. The van der Waals surface area contributed by atoms with Crippen LogP contribution in [-0.2, 0) is 0 Å². The van der Waals surface area contributed by atoms with Crippen LogP contribution in [0, 0.1) is 20.2 Å². The first-order chi connectivity index (χ1) is 9.77. The number of aliphatic hydroxyl groups is 1. The van der Waals surface area contributed by atoms with Crippen molar-refractivity contribution in [3.63, 3.8) is 0 Å². The molecule has 0 bridgehead atoms. The molecule has 0 aliphatic carbocycles. The molecule has 21 heavy (non-hydrogen) atoms. The highest BCUT2D eigenvalue weighted by Gasteiger charge is 2.31. The van der Waals surface area contributed by atoms with E-state index >= 15 is 0 Å². The smallest absolute Gasteiger partial charge is 0.301 e. The topological polar surface area (TPSA) is 110 Å². The highest BCUT2D eigenvalue weighted by molar-refractivity contribution is 6.31. The number of hydrogen-bond donors (Lipinski definition) is 1. The minimum absolute atomic E-state index is 0.0527. The van der Waals surface area contributed by atoms with Crippen LogP contribution in [0.15, 0.2) is 12.1 Å². The van der Waals surface area contributed by atoms with Gasteiger partial charge in [0.05, 0.1) is 21.0 Å². The molecular weight excluding hydrogens is 302 g/mol. The highest BCUT2D eigenvalue weighted by atomic mass is 35.5. The van der Waals surface area contributed by atoms with Crippen molar-refractivity contribution in [1.82, 2.24) is 0 Å². The van der Waals surface area contributed by atoms with Crippen molar-refractivity contribution in [2.75, 3.05) is 18.0 Å². The van der Waals surface area contributed by atoms with Gasteiger partial charge in [-0.25, -0.2) is 0 Å². The van der Waals surface area contributed by atoms with Gasteiger partial charge in [-0.1, -0.05) is 18.5 Å². The Morgan fingerprint density at radius 1 is 1.29 bits per heavy atom. The molecule has 1 aromatic carbocycles. The van der Waals surface area contributed by atoms with E-state index in [9.17, 15) is 25.3 Å². The number of nitro groups is 2. The van der Waals surface area contributed by atoms with Crippen molar-refractivity contribution < 1.29 is 15.0 Å². The van der Waals surface area contributed by atoms with Gasteiger partial charge in [0.2, 0.25) is 0 Å². The molecule has 0 aliphatic heterocycles. The molecule has 1 rings (SSSR count). The minimum atomic E-state index is -0.786. The molecule has 0 spiro atoms. The molecule has 0 saturated carbocycles. The largest absolute Gasteiger partial charge is 0.392 e. The molecule has 0 aliphatic rings. The number of rotatable bonds is 7. The van der Waals surface area contributed by atoms with Crippen LogP contribution in [0.1, 0.15) is 20.3 Å². The van der Waals surface area contributed by atoms with Crippen molar-refractivity contribution in [2.24, 2.45) is 0 Å². The molecule has 0 saturated heterocycles. The van der Waals surface area contributed by atoms with Gasteiger partial charge in [0, 0.05) is 25.2 Å². The Kier molecular flexibility index (Phi) is 5.86. The second kappa shape index (κ2) is 7.19. The van der Waals surface area contributed by atoms with Crippen molar-refractivity contribution in [1.29, 1.82) is 0 Å². The molecule has 116 valence electrons. The predicted octanol–water partition coefficient (Wildman–Crippen LogP) is 2.75. The van der Waals surface area contributed by atoms with E-state index < -0.39 is 27.3 Å². The quantitative estimate of drug-likeness (QED) is 0.611. The fourth-order valence-electron chi connectivity index (χ4n) is 2.06. The van der Waals surface area contributed by atoms with Gasteiger partial charge in [0.25, 0.3) is 0 Å². The average molecular weight is 318 g/mol. The van der Waals surface area contributed by atoms with Crippen molar-refractivity contribution in [3.8, 4) is 0 Å². The van der Waals surface area contributed by atoms with Gasteiger partial charge in [-0.05, 0) is 13.3 Å². The van der Waals surface area contributed by atoms with E-state index in [1.54, 1.807) is 0 Å². The summed E-state index contributed by atoms with van der Waals surface area (Å²) in [5.74, 6) is 0. The zero-order valence-corrected chi connectivity index (χ0v) is 12.4. The zero-order chi connectivity index (χ0) is 16.2. The lowest BCUT2D eigenvalue weighted by molar-refractivity contribution is -0.392. The molecule has 0 fully saturated rings. The Balaban J connectivity index is 3.53. The van der Waals surface area contributed by atoms with Gasteiger partial charge in [-0.15, -0.1) is 0 Å². The molecule has 0 radical (unpaired) electrons. The summed E-state index contributed by atoms with van der Waals surface area (Å²) in [4.78, 5) is 22.4. The molecule has 0 heterocycles. The van der Waals surface area contributed by atoms with E-state index in [1.807, 2.05) is 6.92 Å². The van der Waals surface area contributed by atoms with E-state index in [1.165, 1.54) is 11.8 Å². The van der Waals surface area contributed by atoms with E-state index in [4.69, 9.17) is 11.6 Å². The van der Waals surface area contributed by atoms with Crippen LogP contribution >= 0.6 is 11.6 Å². The summed E-state index contributed by atoms with van der Waals surface area (Å²) in [7, 11) is 0. The number of anilines is 1. The Morgan fingerprint density at radius 3 is 2.10 bits per heavy atom. The first-order valence-electron chi connectivity index (χ1n) is 6.33. The Bertz CT molecular complexity index is 515. The van der Waals surface area contributed by atoms with Gasteiger partial charge >= 0.3 is 11.4 Å². The third-order valence-electron chi connectivity index (χ3n) is 2.72. The Morgan fingerprint density at radius 2 is 1.76 bits per heavy atom. The Labute approximate surface area is 126 Å². The maximum atomic E-state index is 11.2. The molecule has 1 aromatic rings. The Hall–Kier alpha value is -1.93. The zero-order valence-electron chi connectivity index (χ0n) is 11.7. The summed E-state index contributed by atoms with van der Waals surface area (Å²) < 4.78 is 0. The fourth-order valence-corrected chi connectivity index (χ4v) is 2.26. The van der Waals surface area contributed by atoms with Crippen LogP contribution < -0.4 is 4.90 Å². The summed E-state index contributed by atoms with van der Waals surface area (Å²) in [5, 5.41) is 31.8. The van der Waals surface area contributed by atoms with Crippen LogP contribution in [0.4, 0.5) is 17.1 Å². The van der Waals surface area contributed by atoms with Crippen LogP contribution in [0.2, 0.25) is 5.02 Å². The second-order valence-electron chi connectivity index (χ2n) is 4.60. The van der Waals surface area contributed by atoms with Gasteiger partial charge in [-0.3, -0.25) is 20.2 Å². The van der Waals surface area contributed by atoms with Gasteiger partial charge in [0.1, 0.15) is 0 Å². The molecule has 0 aromatic heterocycles. The predicted molar refractivity (Wildman–Crippen MR) is 78.9 cm³/mol. The molecule has 0 amide bonds. The van der Waals surface area contributed by atoms with Crippen molar-refractivity contribution in [2.45, 2.75) is 26.4 Å². The molecular formula is C12H16ClN3O5. The number of nitro benzene ring substituents is 2. The van der Waals surface area contributed by atoms with Crippen LogP contribution in [0.5, 0.6) is 0 Å². The minimum Gasteiger partial charge on any atom is -0.392 e. The first-order valence-corrected chi connectivity index (χ1v) is 6.71. The van der Waals surface area contributed by atoms with Gasteiger partial charge in [-0.2, -0.15) is 0 Å². The molecule has 8 nitrogen and oxygen atoms in total. The number of benzene rings is 1. The average Bonchev–Trinajstić information content (AvgIpc) is 2.36. The van der Waals surface area contributed by atoms with Gasteiger partial charge in [0.15, 0.2) is 5.69 Å². The number of nitrogens with zero attached hydrogens (tertiary/aromatic N) is 3. The van der Waals surface area contributed by atoms with Crippen molar-refractivity contribution in [3.05, 3.63) is 37.4 Å². The van der Waals surface area contributed by atoms with Gasteiger partial charge < -0.3 is 10.0 Å². The van der Waals surface area contributed by atoms with Crippen LogP contribution in [0.3, 0.4) is 0 Å². The summed E-state index contributed by atoms with van der Waals surface area (Å²) in [6, 6.07) is 2.16. The summed E-state index contributed by atoms with van der Waals surface area (Å²) in [5.41, 5.74) is -1.01. The van der Waals surface area contributed by atoms with Crippen molar-refractivity contribution >= 4 is 28.7 Å².